The molecule has 0 amide bonds. The van der Waals surface area contributed by atoms with Gasteiger partial charge in [0.05, 0.1) is 25.5 Å². The molecule has 0 aliphatic carbocycles. The van der Waals surface area contributed by atoms with Crippen LogP contribution in [-0.4, -0.2) is 24.4 Å². The minimum atomic E-state index is -0.301. The number of nitrogens with zero attached hydrogens (tertiary/aromatic N) is 2. The minimum absolute atomic E-state index is 0.106. The fourth-order valence-electron chi connectivity index (χ4n) is 4.18. The highest BCUT2D eigenvalue weighted by Crippen LogP contribution is 2.48. The van der Waals surface area contributed by atoms with E-state index in [1.165, 1.54) is 0 Å². The van der Waals surface area contributed by atoms with Crippen molar-refractivity contribution < 1.29 is 14.2 Å². The molecule has 0 aromatic heterocycles. The summed E-state index contributed by atoms with van der Waals surface area (Å²) in [7, 11) is 1.68. The Bertz CT molecular complexity index is 1130. The zero-order valence-corrected chi connectivity index (χ0v) is 19.7. The van der Waals surface area contributed by atoms with Crippen LogP contribution in [0.15, 0.2) is 76.3 Å². The van der Waals surface area contributed by atoms with Gasteiger partial charge in [-0.25, -0.2) is 5.01 Å². The standard InChI is InChI=1S/C26H25BrN2O3/c1-3-14-31-21-11-6-18(7-12-21)26-29-24(22-15-19(27)8-13-25(22)32-26)16-23(28-29)17-4-9-20(30-2)10-5-17/h4-13,15,24,26H,3,14,16H2,1-2H3. The normalized spacial score (nSPS) is 19.0. The zero-order valence-electron chi connectivity index (χ0n) is 18.1. The second kappa shape index (κ2) is 8.87. The van der Waals surface area contributed by atoms with Crippen LogP contribution < -0.4 is 14.2 Å². The smallest absolute Gasteiger partial charge is 0.213 e. The van der Waals surface area contributed by atoms with E-state index in [0.717, 1.165) is 57.0 Å². The third-order valence-corrected chi connectivity index (χ3v) is 6.31. The van der Waals surface area contributed by atoms with Gasteiger partial charge in [0.2, 0.25) is 6.23 Å². The molecule has 0 saturated carbocycles. The topological polar surface area (TPSA) is 43.3 Å². The first-order chi connectivity index (χ1) is 15.7. The Balaban J connectivity index is 1.50. The summed E-state index contributed by atoms with van der Waals surface area (Å²) >= 11 is 3.61. The maximum absolute atomic E-state index is 6.47. The van der Waals surface area contributed by atoms with Crippen LogP contribution >= 0.6 is 15.9 Å². The van der Waals surface area contributed by atoms with Gasteiger partial charge in [-0.2, -0.15) is 5.10 Å². The van der Waals surface area contributed by atoms with E-state index < -0.39 is 0 Å². The predicted molar refractivity (Wildman–Crippen MR) is 128 cm³/mol. The van der Waals surface area contributed by atoms with Crippen molar-refractivity contribution in [2.75, 3.05) is 13.7 Å². The van der Waals surface area contributed by atoms with Crippen LogP contribution in [0.5, 0.6) is 17.2 Å². The van der Waals surface area contributed by atoms with Gasteiger partial charge < -0.3 is 14.2 Å². The van der Waals surface area contributed by atoms with Crippen molar-refractivity contribution in [3.63, 3.8) is 0 Å². The first-order valence-corrected chi connectivity index (χ1v) is 11.6. The first-order valence-electron chi connectivity index (χ1n) is 10.9. The van der Waals surface area contributed by atoms with Crippen LogP contribution in [0.4, 0.5) is 0 Å². The zero-order chi connectivity index (χ0) is 22.1. The second-order valence-electron chi connectivity index (χ2n) is 7.94. The molecule has 32 heavy (non-hydrogen) atoms. The van der Waals surface area contributed by atoms with Crippen LogP contribution in [0.3, 0.4) is 0 Å². The number of hydrogen-bond donors (Lipinski definition) is 0. The Labute approximate surface area is 196 Å². The van der Waals surface area contributed by atoms with Crippen molar-refractivity contribution in [1.29, 1.82) is 0 Å². The van der Waals surface area contributed by atoms with E-state index in [1.54, 1.807) is 7.11 Å². The van der Waals surface area contributed by atoms with Gasteiger partial charge in [-0.3, -0.25) is 0 Å². The largest absolute Gasteiger partial charge is 0.497 e. The van der Waals surface area contributed by atoms with Gasteiger partial charge >= 0.3 is 0 Å². The highest BCUT2D eigenvalue weighted by Gasteiger charge is 2.41. The van der Waals surface area contributed by atoms with E-state index in [9.17, 15) is 0 Å². The van der Waals surface area contributed by atoms with Crippen molar-refractivity contribution in [2.45, 2.75) is 32.0 Å². The molecule has 0 bridgehead atoms. The van der Waals surface area contributed by atoms with Gasteiger partial charge in [0.1, 0.15) is 17.2 Å². The molecule has 2 aliphatic rings. The molecule has 3 aromatic rings. The van der Waals surface area contributed by atoms with Crippen LogP contribution in [0.25, 0.3) is 0 Å². The SMILES string of the molecule is CCCOc1ccc(C2Oc3ccc(Br)cc3C3CC(c4ccc(OC)cc4)=NN32)cc1. The molecule has 2 atom stereocenters. The van der Waals surface area contributed by atoms with Crippen molar-refractivity contribution in [3.8, 4) is 17.2 Å². The Morgan fingerprint density at radius 3 is 2.50 bits per heavy atom. The third-order valence-electron chi connectivity index (χ3n) is 5.81. The number of ether oxygens (including phenoxy) is 3. The molecule has 3 aromatic carbocycles. The molecule has 6 heteroatoms. The van der Waals surface area contributed by atoms with Crippen LogP contribution in [0, 0.1) is 0 Å². The summed E-state index contributed by atoms with van der Waals surface area (Å²) in [6.45, 7) is 2.82. The molecule has 0 spiro atoms. The predicted octanol–water partition coefficient (Wildman–Crippen LogP) is 6.49. The lowest BCUT2D eigenvalue weighted by molar-refractivity contribution is -0.0191. The monoisotopic (exact) mass is 492 g/mol. The highest BCUT2D eigenvalue weighted by molar-refractivity contribution is 9.10. The first kappa shape index (κ1) is 20.9. The lowest BCUT2D eigenvalue weighted by Crippen LogP contribution is -2.33. The molecule has 164 valence electrons. The van der Waals surface area contributed by atoms with E-state index in [0.29, 0.717) is 6.61 Å². The van der Waals surface area contributed by atoms with E-state index >= 15 is 0 Å². The Morgan fingerprint density at radius 2 is 1.78 bits per heavy atom. The summed E-state index contributed by atoms with van der Waals surface area (Å²) in [5, 5.41) is 7.13. The molecule has 0 radical (unpaired) electrons. The van der Waals surface area contributed by atoms with E-state index in [4.69, 9.17) is 19.3 Å². The highest BCUT2D eigenvalue weighted by atomic mass is 79.9. The van der Waals surface area contributed by atoms with Gasteiger partial charge in [0.15, 0.2) is 0 Å². The van der Waals surface area contributed by atoms with Gasteiger partial charge in [-0.05, 0) is 78.7 Å². The van der Waals surface area contributed by atoms with Crippen LogP contribution in [0.2, 0.25) is 0 Å². The molecular formula is C26H25BrN2O3. The maximum atomic E-state index is 6.47. The van der Waals surface area contributed by atoms with E-state index in [-0.39, 0.29) is 12.3 Å². The van der Waals surface area contributed by atoms with Crippen LogP contribution in [0.1, 0.15) is 48.7 Å². The summed E-state index contributed by atoms with van der Waals surface area (Å²) in [6, 6.07) is 22.5. The van der Waals surface area contributed by atoms with Gasteiger partial charge in [-0.1, -0.05) is 22.9 Å². The van der Waals surface area contributed by atoms with Crippen molar-refractivity contribution >= 4 is 21.6 Å². The molecule has 5 nitrogen and oxygen atoms in total. The Kier molecular flexibility index (Phi) is 5.79. The molecule has 5 rings (SSSR count). The van der Waals surface area contributed by atoms with Crippen LogP contribution in [-0.2, 0) is 0 Å². The van der Waals surface area contributed by atoms with E-state index in [1.807, 2.05) is 36.4 Å². The number of benzene rings is 3. The van der Waals surface area contributed by atoms with Crippen molar-refractivity contribution in [1.82, 2.24) is 5.01 Å². The maximum Gasteiger partial charge on any atom is 0.213 e. The van der Waals surface area contributed by atoms with Gasteiger partial charge in [0.25, 0.3) is 0 Å². The second-order valence-corrected chi connectivity index (χ2v) is 8.86. The van der Waals surface area contributed by atoms with Gasteiger partial charge in [0, 0.05) is 22.0 Å². The summed E-state index contributed by atoms with van der Waals surface area (Å²) in [4.78, 5) is 0. The molecular weight excluding hydrogens is 468 g/mol. The molecule has 2 heterocycles. The minimum Gasteiger partial charge on any atom is -0.497 e. The molecule has 0 fully saturated rings. The average Bonchev–Trinajstić information content (AvgIpc) is 3.29. The number of methoxy groups -OCH3 is 1. The number of hydrazone groups is 1. The molecule has 0 saturated heterocycles. The molecule has 2 aliphatic heterocycles. The van der Waals surface area contributed by atoms with Gasteiger partial charge in [-0.15, -0.1) is 0 Å². The van der Waals surface area contributed by atoms with E-state index in [2.05, 4.69) is 58.2 Å². The number of fused-ring (bicyclic) bond motifs is 3. The summed E-state index contributed by atoms with van der Waals surface area (Å²) in [5.41, 5.74) is 4.33. The molecule has 2 unspecified atom stereocenters. The Morgan fingerprint density at radius 1 is 1.03 bits per heavy atom. The number of hydrogen-bond acceptors (Lipinski definition) is 5. The lowest BCUT2D eigenvalue weighted by atomic mass is 9.96. The summed E-state index contributed by atoms with van der Waals surface area (Å²) in [6.07, 6.45) is 1.50. The number of halogens is 1. The fraction of sp³-hybridized carbons (Fsp3) is 0.269. The van der Waals surface area contributed by atoms with Crippen molar-refractivity contribution in [2.24, 2.45) is 5.10 Å². The molecule has 0 N–H and O–H groups in total. The third kappa shape index (κ3) is 3.95. The quantitative estimate of drug-likeness (QED) is 0.394. The van der Waals surface area contributed by atoms with Crippen molar-refractivity contribution in [3.05, 3.63) is 87.9 Å². The Hall–Kier alpha value is -2.99. The fourth-order valence-corrected chi connectivity index (χ4v) is 4.56. The average molecular weight is 493 g/mol. The summed E-state index contributed by atoms with van der Waals surface area (Å²) < 4.78 is 18.6. The number of rotatable bonds is 6. The lowest BCUT2D eigenvalue weighted by Gasteiger charge is -2.38. The summed E-state index contributed by atoms with van der Waals surface area (Å²) in [5.74, 6) is 2.61.